The van der Waals surface area contributed by atoms with Crippen molar-refractivity contribution in [3.8, 4) is 11.5 Å². The molecule has 1 atom stereocenters. The number of halogens is 3. The summed E-state index contributed by atoms with van der Waals surface area (Å²) in [7, 11) is 0. The molecule has 0 saturated carbocycles. The number of benzene rings is 1. The zero-order chi connectivity index (χ0) is 27.5. The molecule has 2 aromatic heterocycles. The highest BCUT2D eigenvalue weighted by Crippen LogP contribution is 2.35. The summed E-state index contributed by atoms with van der Waals surface area (Å²) in [6.45, 7) is 6.32. The van der Waals surface area contributed by atoms with Crippen LogP contribution in [0.1, 0.15) is 43.4 Å². The number of carbonyl (C=O) groups is 2. The average Bonchev–Trinajstić information content (AvgIpc) is 3.51. The van der Waals surface area contributed by atoms with Gasteiger partial charge in [-0.25, -0.2) is 14.8 Å². The Morgan fingerprint density at radius 3 is 2.50 bits per heavy atom. The van der Waals surface area contributed by atoms with Gasteiger partial charge in [0.15, 0.2) is 5.69 Å². The first-order chi connectivity index (χ1) is 17.9. The van der Waals surface area contributed by atoms with Gasteiger partial charge < -0.3 is 24.1 Å². The van der Waals surface area contributed by atoms with Crippen molar-refractivity contribution >= 4 is 23.4 Å². The van der Waals surface area contributed by atoms with E-state index in [9.17, 15) is 22.8 Å². The van der Waals surface area contributed by atoms with E-state index in [2.05, 4.69) is 15.3 Å². The second-order valence-corrected chi connectivity index (χ2v) is 9.67. The molecule has 38 heavy (non-hydrogen) atoms. The van der Waals surface area contributed by atoms with E-state index in [0.29, 0.717) is 30.9 Å². The molecule has 12 heteroatoms. The SMILES string of the molecule is CC(C)(C)OC(=O)COC1CCN(c2ccc(NC(=O)c3nc(-c4ccccc4)oc3C(F)(F)F)cn2)C1. The van der Waals surface area contributed by atoms with E-state index in [4.69, 9.17) is 13.9 Å². The van der Waals surface area contributed by atoms with Gasteiger partial charge in [-0.3, -0.25) is 4.79 Å². The molecule has 3 aromatic rings. The lowest BCUT2D eigenvalue weighted by Crippen LogP contribution is -2.29. The van der Waals surface area contributed by atoms with Gasteiger partial charge in [0.2, 0.25) is 11.7 Å². The Bertz CT molecular complexity index is 1270. The van der Waals surface area contributed by atoms with Crippen LogP contribution in [0.4, 0.5) is 24.7 Å². The Hall–Kier alpha value is -3.93. The van der Waals surface area contributed by atoms with Gasteiger partial charge in [-0.1, -0.05) is 18.2 Å². The zero-order valence-corrected chi connectivity index (χ0v) is 21.0. The molecule has 0 spiro atoms. The second-order valence-electron chi connectivity index (χ2n) is 9.67. The fraction of sp³-hybridized carbons (Fsp3) is 0.385. The molecule has 202 valence electrons. The summed E-state index contributed by atoms with van der Waals surface area (Å²) in [6, 6.07) is 11.2. The minimum absolute atomic E-state index is 0.151. The van der Waals surface area contributed by atoms with E-state index >= 15 is 0 Å². The smallest absolute Gasteiger partial charge is 0.452 e. The number of hydrogen-bond donors (Lipinski definition) is 1. The maximum absolute atomic E-state index is 13.5. The van der Waals surface area contributed by atoms with Gasteiger partial charge in [-0.15, -0.1) is 0 Å². The third-order valence-electron chi connectivity index (χ3n) is 5.45. The van der Waals surface area contributed by atoms with E-state index in [1.807, 2.05) is 4.90 Å². The highest BCUT2D eigenvalue weighted by molar-refractivity contribution is 6.04. The van der Waals surface area contributed by atoms with Gasteiger partial charge in [0.25, 0.3) is 5.91 Å². The first-order valence-corrected chi connectivity index (χ1v) is 11.9. The Morgan fingerprint density at radius 2 is 1.87 bits per heavy atom. The van der Waals surface area contributed by atoms with Crippen molar-refractivity contribution in [2.24, 2.45) is 0 Å². The number of rotatable bonds is 7. The lowest BCUT2D eigenvalue weighted by Gasteiger charge is -2.20. The summed E-state index contributed by atoms with van der Waals surface area (Å²) < 4.78 is 56.4. The van der Waals surface area contributed by atoms with Crippen LogP contribution < -0.4 is 10.2 Å². The Kier molecular flexibility index (Phi) is 7.72. The van der Waals surface area contributed by atoms with Crippen molar-refractivity contribution in [1.82, 2.24) is 9.97 Å². The second kappa shape index (κ2) is 10.8. The summed E-state index contributed by atoms with van der Waals surface area (Å²) >= 11 is 0. The molecule has 0 aliphatic carbocycles. The van der Waals surface area contributed by atoms with Crippen LogP contribution in [0, 0.1) is 0 Å². The van der Waals surface area contributed by atoms with E-state index in [0.717, 1.165) is 0 Å². The van der Waals surface area contributed by atoms with Crippen LogP contribution in [0.25, 0.3) is 11.5 Å². The van der Waals surface area contributed by atoms with Crippen LogP contribution in [0.3, 0.4) is 0 Å². The van der Waals surface area contributed by atoms with Crippen LogP contribution in [0.2, 0.25) is 0 Å². The molecule has 1 unspecified atom stereocenters. The Morgan fingerprint density at radius 1 is 1.13 bits per heavy atom. The number of aromatic nitrogens is 2. The van der Waals surface area contributed by atoms with Crippen molar-refractivity contribution in [2.45, 2.75) is 45.1 Å². The van der Waals surface area contributed by atoms with Crippen molar-refractivity contribution in [3.05, 3.63) is 60.1 Å². The number of ether oxygens (including phenoxy) is 2. The lowest BCUT2D eigenvalue weighted by atomic mass is 10.2. The number of oxazole rings is 1. The predicted molar refractivity (Wildman–Crippen MR) is 132 cm³/mol. The molecule has 0 radical (unpaired) electrons. The van der Waals surface area contributed by atoms with Crippen molar-refractivity contribution < 1.29 is 36.7 Å². The largest absolute Gasteiger partial charge is 0.458 e. The lowest BCUT2D eigenvalue weighted by molar-refractivity contribution is -0.161. The van der Waals surface area contributed by atoms with Crippen molar-refractivity contribution in [3.63, 3.8) is 0 Å². The van der Waals surface area contributed by atoms with Crippen molar-refractivity contribution in [2.75, 3.05) is 29.9 Å². The monoisotopic (exact) mass is 532 g/mol. The van der Waals surface area contributed by atoms with Crippen LogP contribution >= 0.6 is 0 Å². The maximum atomic E-state index is 13.5. The van der Waals surface area contributed by atoms with Crippen LogP contribution in [0.15, 0.2) is 53.1 Å². The molecule has 1 amide bonds. The van der Waals surface area contributed by atoms with E-state index in [1.54, 1.807) is 45.0 Å². The van der Waals surface area contributed by atoms with Gasteiger partial charge in [0, 0.05) is 18.7 Å². The molecule has 9 nitrogen and oxygen atoms in total. The first kappa shape index (κ1) is 27.1. The molecule has 1 saturated heterocycles. The molecule has 1 aromatic carbocycles. The quantitative estimate of drug-likeness (QED) is 0.427. The number of nitrogens with zero attached hydrogens (tertiary/aromatic N) is 3. The average molecular weight is 533 g/mol. The van der Waals surface area contributed by atoms with Crippen molar-refractivity contribution in [1.29, 1.82) is 0 Å². The maximum Gasteiger partial charge on any atom is 0.452 e. The molecule has 1 N–H and O–H groups in total. The molecule has 4 rings (SSSR count). The normalized spacial score (nSPS) is 15.9. The van der Waals surface area contributed by atoms with Gasteiger partial charge in [-0.2, -0.15) is 13.2 Å². The van der Waals surface area contributed by atoms with Gasteiger partial charge in [-0.05, 0) is 51.5 Å². The van der Waals surface area contributed by atoms with Gasteiger partial charge in [0.05, 0.1) is 18.0 Å². The highest BCUT2D eigenvalue weighted by atomic mass is 19.4. The van der Waals surface area contributed by atoms with Crippen LogP contribution in [-0.4, -0.2) is 53.2 Å². The minimum atomic E-state index is -4.91. The fourth-order valence-corrected chi connectivity index (χ4v) is 3.84. The third kappa shape index (κ3) is 6.88. The standard InChI is InChI=1S/C26H27F3N4O5/c1-25(2,3)38-20(34)15-36-18-11-12-33(14-18)19-10-9-17(13-30-19)31-23(35)21-22(26(27,28)29)37-24(32-21)16-7-5-4-6-8-16/h4-10,13,18H,11-12,14-15H2,1-3H3,(H,31,35). The summed E-state index contributed by atoms with van der Waals surface area (Å²) in [6.07, 6.45) is -3.07. The van der Waals surface area contributed by atoms with Crippen LogP contribution in [-0.2, 0) is 20.4 Å². The molecule has 3 heterocycles. The van der Waals surface area contributed by atoms with Gasteiger partial charge >= 0.3 is 12.1 Å². The highest BCUT2D eigenvalue weighted by Gasteiger charge is 2.42. The predicted octanol–water partition coefficient (Wildman–Crippen LogP) is 4.94. The molecule has 0 bridgehead atoms. The number of carbonyl (C=O) groups excluding carboxylic acids is 2. The Balaban J connectivity index is 1.38. The number of nitrogens with one attached hydrogen (secondary N) is 1. The zero-order valence-electron chi connectivity index (χ0n) is 21.0. The van der Waals surface area contributed by atoms with Crippen LogP contribution in [0.5, 0.6) is 0 Å². The minimum Gasteiger partial charge on any atom is -0.458 e. The molecule has 1 fully saturated rings. The number of amides is 1. The summed E-state index contributed by atoms with van der Waals surface area (Å²) in [4.78, 5) is 34.6. The van der Waals surface area contributed by atoms with Gasteiger partial charge in [0.1, 0.15) is 18.0 Å². The molecule has 1 aliphatic rings. The number of alkyl halides is 3. The molecular weight excluding hydrogens is 505 g/mol. The topological polar surface area (TPSA) is 107 Å². The van der Waals surface area contributed by atoms with E-state index in [-0.39, 0.29) is 24.3 Å². The fourth-order valence-electron chi connectivity index (χ4n) is 3.84. The number of hydrogen-bond acceptors (Lipinski definition) is 8. The molecular formula is C26H27F3N4O5. The summed E-state index contributed by atoms with van der Waals surface area (Å²) in [5.41, 5.74) is -0.963. The first-order valence-electron chi connectivity index (χ1n) is 11.9. The Labute approximate surface area is 217 Å². The number of esters is 1. The van der Waals surface area contributed by atoms with E-state index in [1.165, 1.54) is 24.4 Å². The number of anilines is 2. The summed E-state index contributed by atoms with van der Waals surface area (Å²) in [5, 5.41) is 2.39. The third-order valence-corrected chi connectivity index (χ3v) is 5.45. The summed E-state index contributed by atoms with van der Waals surface area (Å²) in [5.74, 6) is -2.71. The molecule has 1 aliphatic heterocycles. The van der Waals surface area contributed by atoms with E-state index < -0.39 is 35.1 Å². The number of pyridine rings is 1.